The molecule has 0 spiro atoms. The van der Waals surface area contributed by atoms with Gasteiger partial charge in [0.05, 0.1) is 23.0 Å². The molecule has 0 saturated carbocycles. The number of nitrogens with one attached hydrogen (secondary N) is 2. The standard InChI is InChI=1S/C10H11ClN2O2/c1-5-10(15)13-8-3-6(4-14)2-7(11)9(8)12-5/h2-3,5,12,14H,4H2,1H3,(H,13,15)/t5-/m0/s1. The summed E-state index contributed by atoms with van der Waals surface area (Å²) in [7, 11) is 0. The summed E-state index contributed by atoms with van der Waals surface area (Å²) in [5.41, 5.74) is 2.01. The lowest BCUT2D eigenvalue weighted by atomic mass is 10.1. The number of carbonyl (C=O) groups is 1. The highest BCUT2D eigenvalue weighted by atomic mass is 35.5. The molecule has 0 radical (unpaired) electrons. The van der Waals surface area contributed by atoms with Crippen LogP contribution in [0.15, 0.2) is 12.1 Å². The Morgan fingerprint density at radius 1 is 1.53 bits per heavy atom. The molecule has 0 unspecified atom stereocenters. The Morgan fingerprint density at radius 2 is 2.27 bits per heavy atom. The van der Waals surface area contributed by atoms with Crippen LogP contribution in [0.5, 0.6) is 0 Å². The Kier molecular flexibility index (Phi) is 2.54. The van der Waals surface area contributed by atoms with E-state index in [1.807, 2.05) is 0 Å². The molecule has 0 saturated heterocycles. The molecule has 80 valence electrons. The van der Waals surface area contributed by atoms with Crippen LogP contribution in [-0.2, 0) is 11.4 Å². The SMILES string of the molecule is C[C@@H]1Nc2c(Cl)cc(CO)cc2NC1=O. The van der Waals surface area contributed by atoms with Crippen molar-refractivity contribution in [3.63, 3.8) is 0 Å². The molecule has 0 fully saturated rings. The maximum absolute atomic E-state index is 11.4. The van der Waals surface area contributed by atoms with Crippen LogP contribution < -0.4 is 10.6 Å². The quantitative estimate of drug-likeness (QED) is 0.682. The largest absolute Gasteiger partial charge is 0.392 e. The number of hydrogen-bond acceptors (Lipinski definition) is 3. The van der Waals surface area contributed by atoms with E-state index in [9.17, 15) is 4.79 Å². The van der Waals surface area contributed by atoms with Crippen LogP contribution >= 0.6 is 11.6 Å². The van der Waals surface area contributed by atoms with Crippen LogP contribution in [0.4, 0.5) is 11.4 Å². The van der Waals surface area contributed by atoms with Crippen molar-refractivity contribution in [3.8, 4) is 0 Å². The summed E-state index contributed by atoms with van der Waals surface area (Å²) in [6.45, 7) is 1.66. The summed E-state index contributed by atoms with van der Waals surface area (Å²) in [6.07, 6.45) is 0. The minimum absolute atomic E-state index is 0.0988. The zero-order valence-electron chi connectivity index (χ0n) is 8.17. The third-order valence-electron chi connectivity index (χ3n) is 2.34. The van der Waals surface area contributed by atoms with Gasteiger partial charge in [0, 0.05) is 0 Å². The molecule has 0 aliphatic carbocycles. The lowest BCUT2D eigenvalue weighted by molar-refractivity contribution is -0.116. The number of carbonyl (C=O) groups excluding carboxylic acids is 1. The van der Waals surface area contributed by atoms with Crippen molar-refractivity contribution >= 4 is 28.9 Å². The molecule has 1 amide bonds. The normalized spacial score (nSPS) is 19.1. The van der Waals surface area contributed by atoms with E-state index in [4.69, 9.17) is 16.7 Å². The Morgan fingerprint density at radius 3 is 2.93 bits per heavy atom. The number of halogens is 1. The van der Waals surface area contributed by atoms with E-state index in [2.05, 4.69) is 10.6 Å². The van der Waals surface area contributed by atoms with Crippen LogP contribution in [0.3, 0.4) is 0 Å². The molecule has 0 bridgehead atoms. The van der Waals surface area contributed by atoms with Gasteiger partial charge in [-0.2, -0.15) is 0 Å². The topological polar surface area (TPSA) is 61.4 Å². The minimum atomic E-state index is -0.296. The first-order chi connectivity index (χ1) is 7.11. The number of amides is 1. The van der Waals surface area contributed by atoms with E-state index in [-0.39, 0.29) is 18.6 Å². The molecule has 1 aromatic carbocycles. The van der Waals surface area contributed by atoms with Gasteiger partial charge in [0.1, 0.15) is 6.04 Å². The Labute approximate surface area is 92.2 Å². The lowest BCUT2D eigenvalue weighted by Crippen LogP contribution is -2.36. The van der Waals surface area contributed by atoms with Crippen LogP contribution in [-0.4, -0.2) is 17.1 Å². The second-order valence-electron chi connectivity index (χ2n) is 3.51. The lowest BCUT2D eigenvalue weighted by Gasteiger charge is -2.25. The molecule has 5 heteroatoms. The average Bonchev–Trinajstić information content (AvgIpc) is 2.21. The molecule has 1 atom stereocenters. The molecule has 1 aliphatic heterocycles. The number of rotatable bonds is 1. The van der Waals surface area contributed by atoms with Crippen molar-refractivity contribution in [1.82, 2.24) is 0 Å². The summed E-state index contributed by atoms with van der Waals surface area (Å²) >= 11 is 6.01. The highest BCUT2D eigenvalue weighted by molar-refractivity contribution is 6.34. The summed E-state index contributed by atoms with van der Waals surface area (Å²) in [4.78, 5) is 11.4. The maximum Gasteiger partial charge on any atom is 0.246 e. The number of hydrogen-bond donors (Lipinski definition) is 3. The first-order valence-corrected chi connectivity index (χ1v) is 5.00. The molecule has 4 nitrogen and oxygen atoms in total. The van der Waals surface area contributed by atoms with Gasteiger partial charge in [-0.3, -0.25) is 4.79 Å². The van der Waals surface area contributed by atoms with Gasteiger partial charge < -0.3 is 15.7 Å². The van der Waals surface area contributed by atoms with Gasteiger partial charge in [0.15, 0.2) is 0 Å². The summed E-state index contributed by atoms with van der Waals surface area (Å²) in [6, 6.07) is 3.09. The summed E-state index contributed by atoms with van der Waals surface area (Å²) in [5.74, 6) is -0.103. The Bertz CT molecular complexity index is 420. The average molecular weight is 227 g/mol. The van der Waals surface area contributed by atoms with Crippen molar-refractivity contribution in [3.05, 3.63) is 22.7 Å². The fraction of sp³-hybridized carbons (Fsp3) is 0.300. The van der Waals surface area contributed by atoms with Gasteiger partial charge >= 0.3 is 0 Å². The molecular weight excluding hydrogens is 216 g/mol. The van der Waals surface area contributed by atoms with Crippen LogP contribution in [0.1, 0.15) is 12.5 Å². The van der Waals surface area contributed by atoms with Gasteiger partial charge in [-0.05, 0) is 24.6 Å². The molecule has 1 aromatic rings. The predicted molar refractivity (Wildman–Crippen MR) is 59.1 cm³/mol. The number of anilines is 2. The van der Waals surface area contributed by atoms with E-state index < -0.39 is 0 Å². The van der Waals surface area contributed by atoms with E-state index in [0.29, 0.717) is 22.0 Å². The highest BCUT2D eigenvalue weighted by Gasteiger charge is 2.23. The second-order valence-corrected chi connectivity index (χ2v) is 3.92. The predicted octanol–water partition coefficient (Wildman–Crippen LogP) is 1.58. The Balaban J connectivity index is 2.48. The summed E-state index contributed by atoms with van der Waals surface area (Å²) < 4.78 is 0. The van der Waals surface area contributed by atoms with E-state index >= 15 is 0 Å². The molecule has 3 N–H and O–H groups in total. The van der Waals surface area contributed by atoms with E-state index in [1.165, 1.54) is 0 Å². The van der Waals surface area contributed by atoms with Crippen LogP contribution in [0.2, 0.25) is 5.02 Å². The second kappa shape index (κ2) is 3.72. The Hall–Kier alpha value is -1.26. The van der Waals surface area contributed by atoms with Gasteiger partial charge in [0.2, 0.25) is 5.91 Å². The van der Waals surface area contributed by atoms with E-state index in [0.717, 1.165) is 0 Å². The number of aliphatic hydroxyl groups excluding tert-OH is 1. The monoisotopic (exact) mass is 226 g/mol. The maximum atomic E-state index is 11.4. The number of aliphatic hydroxyl groups is 1. The number of benzene rings is 1. The molecule has 2 rings (SSSR count). The van der Waals surface area contributed by atoms with Crippen molar-refractivity contribution < 1.29 is 9.90 Å². The zero-order chi connectivity index (χ0) is 11.0. The van der Waals surface area contributed by atoms with Gasteiger partial charge in [0.25, 0.3) is 0 Å². The van der Waals surface area contributed by atoms with Crippen molar-refractivity contribution in [2.75, 3.05) is 10.6 Å². The van der Waals surface area contributed by atoms with Gasteiger partial charge in [-0.25, -0.2) is 0 Å². The highest BCUT2D eigenvalue weighted by Crippen LogP contribution is 2.35. The molecule has 1 aliphatic rings. The third-order valence-corrected chi connectivity index (χ3v) is 2.64. The third kappa shape index (κ3) is 1.78. The van der Waals surface area contributed by atoms with Crippen LogP contribution in [0.25, 0.3) is 0 Å². The van der Waals surface area contributed by atoms with Gasteiger partial charge in [-0.15, -0.1) is 0 Å². The molecule has 15 heavy (non-hydrogen) atoms. The molecular formula is C10H11ClN2O2. The van der Waals surface area contributed by atoms with Crippen LogP contribution in [0, 0.1) is 0 Å². The van der Waals surface area contributed by atoms with Crippen molar-refractivity contribution in [1.29, 1.82) is 0 Å². The number of fused-ring (bicyclic) bond motifs is 1. The van der Waals surface area contributed by atoms with Crippen molar-refractivity contribution in [2.24, 2.45) is 0 Å². The zero-order valence-corrected chi connectivity index (χ0v) is 8.93. The first kappa shape index (κ1) is 10.3. The smallest absolute Gasteiger partial charge is 0.246 e. The fourth-order valence-electron chi connectivity index (χ4n) is 1.52. The fourth-order valence-corrected chi connectivity index (χ4v) is 1.82. The van der Waals surface area contributed by atoms with E-state index in [1.54, 1.807) is 19.1 Å². The van der Waals surface area contributed by atoms with Gasteiger partial charge in [-0.1, -0.05) is 11.6 Å². The first-order valence-electron chi connectivity index (χ1n) is 4.62. The molecule has 0 aromatic heterocycles. The van der Waals surface area contributed by atoms with Crippen molar-refractivity contribution in [2.45, 2.75) is 19.6 Å². The molecule has 1 heterocycles. The minimum Gasteiger partial charge on any atom is -0.392 e. The summed E-state index contributed by atoms with van der Waals surface area (Å²) in [5, 5.41) is 15.2.